The van der Waals surface area contributed by atoms with Crippen molar-refractivity contribution in [3.63, 3.8) is 0 Å². The monoisotopic (exact) mass is 337 g/mol. The Balaban J connectivity index is 1.52. The molecule has 0 saturated heterocycles. The number of nitrogens with one attached hydrogen (secondary N) is 1. The molecule has 5 nitrogen and oxygen atoms in total. The molecule has 7 heteroatoms. The highest BCUT2D eigenvalue weighted by Gasteiger charge is 2.06. The first-order chi connectivity index (χ1) is 11.8. The number of para-hydroxylation sites is 1. The molecule has 0 aliphatic carbocycles. The summed E-state index contributed by atoms with van der Waals surface area (Å²) in [5.41, 5.74) is 2.41. The van der Waals surface area contributed by atoms with Crippen molar-refractivity contribution in [1.82, 2.24) is 20.2 Å². The molecule has 0 aliphatic rings. The first kappa shape index (κ1) is 14.6. The highest BCUT2D eigenvalue weighted by Crippen LogP contribution is 2.22. The number of halogens is 1. The molecule has 2 heterocycles. The molecule has 1 N–H and O–H groups in total. The van der Waals surface area contributed by atoms with Crippen molar-refractivity contribution in [2.24, 2.45) is 0 Å². The zero-order chi connectivity index (χ0) is 16.4. The van der Waals surface area contributed by atoms with Gasteiger partial charge in [0.25, 0.3) is 0 Å². The molecule has 0 aliphatic heterocycles. The van der Waals surface area contributed by atoms with Crippen LogP contribution in [0.4, 0.5) is 10.3 Å². The number of rotatable bonds is 4. The number of benzene rings is 2. The maximum atomic E-state index is 13.0. The predicted octanol–water partition coefficient (Wildman–Crippen LogP) is 3.90. The number of hydrogen-bond donors (Lipinski definition) is 1. The van der Waals surface area contributed by atoms with Crippen LogP contribution in [0.2, 0.25) is 0 Å². The van der Waals surface area contributed by atoms with Gasteiger partial charge in [-0.1, -0.05) is 12.1 Å². The summed E-state index contributed by atoms with van der Waals surface area (Å²) < 4.78 is 14.2. The van der Waals surface area contributed by atoms with Crippen molar-refractivity contribution < 1.29 is 4.39 Å². The van der Waals surface area contributed by atoms with Crippen LogP contribution in [0.25, 0.3) is 21.5 Å². The van der Waals surface area contributed by atoms with Gasteiger partial charge < -0.3 is 5.32 Å². The van der Waals surface area contributed by atoms with Crippen LogP contribution in [0, 0.1) is 5.82 Å². The largest absolute Gasteiger partial charge is 0.346 e. The van der Waals surface area contributed by atoms with Crippen LogP contribution >= 0.6 is 11.3 Å². The van der Waals surface area contributed by atoms with Crippen LogP contribution in [0.3, 0.4) is 0 Å². The number of hydrogen-bond acceptors (Lipinski definition) is 6. The SMILES string of the molecule is Fc1ccc(-c2cnnc(NCc3nc4ccccc4s3)n2)cc1. The van der Waals surface area contributed by atoms with E-state index in [0.29, 0.717) is 18.2 Å². The van der Waals surface area contributed by atoms with Gasteiger partial charge in [0.05, 0.1) is 28.7 Å². The van der Waals surface area contributed by atoms with Crippen LogP contribution in [0.5, 0.6) is 0 Å². The molecule has 4 aromatic rings. The van der Waals surface area contributed by atoms with Crippen molar-refractivity contribution in [1.29, 1.82) is 0 Å². The van der Waals surface area contributed by atoms with Gasteiger partial charge in [0, 0.05) is 5.56 Å². The zero-order valence-corrected chi connectivity index (χ0v) is 13.3. The van der Waals surface area contributed by atoms with E-state index in [4.69, 9.17) is 0 Å². The molecule has 4 rings (SSSR count). The van der Waals surface area contributed by atoms with Crippen LogP contribution in [-0.4, -0.2) is 20.2 Å². The van der Waals surface area contributed by atoms with Gasteiger partial charge in [-0.2, -0.15) is 5.10 Å². The summed E-state index contributed by atoms with van der Waals surface area (Å²) in [7, 11) is 0. The maximum absolute atomic E-state index is 13.0. The number of thiazole rings is 1. The first-order valence-corrected chi connectivity index (χ1v) is 8.13. The Hall–Kier alpha value is -2.93. The van der Waals surface area contributed by atoms with E-state index in [-0.39, 0.29) is 5.82 Å². The summed E-state index contributed by atoms with van der Waals surface area (Å²) >= 11 is 1.63. The Morgan fingerprint density at radius 3 is 2.67 bits per heavy atom. The predicted molar refractivity (Wildman–Crippen MR) is 92.2 cm³/mol. The van der Waals surface area contributed by atoms with Crippen LogP contribution < -0.4 is 5.32 Å². The van der Waals surface area contributed by atoms with Crippen molar-refractivity contribution in [3.8, 4) is 11.3 Å². The lowest BCUT2D eigenvalue weighted by molar-refractivity contribution is 0.628. The molecule has 0 radical (unpaired) electrons. The zero-order valence-electron chi connectivity index (χ0n) is 12.5. The summed E-state index contributed by atoms with van der Waals surface area (Å²) in [5.74, 6) is 0.131. The Labute approximate surface area is 141 Å². The Morgan fingerprint density at radius 1 is 1.00 bits per heavy atom. The van der Waals surface area contributed by atoms with Crippen LogP contribution in [-0.2, 0) is 6.54 Å². The smallest absolute Gasteiger partial charge is 0.243 e. The molecule has 0 bridgehead atoms. The first-order valence-electron chi connectivity index (χ1n) is 7.32. The van der Waals surface area contributed by atoms with E-state index in [1.807, 2.05) is 24.3 Å². The average Bonchev–Trinajstić information content (AvgIpc) is 3.04. The molecule has 0 unspecified atom stereocenters. The van der Waals surface area contributed by atoms with Gasteiger partial charge in [0.15, 0.2) is 0 Å². The van der Waals surface area contributed by atoms with Gasteiger partial charge in [0.1, 0.15) is 10.8 Å². The van der Waals surface area contributed by atoms with E-state index in [1.165, 1.54) is 12.1 Å². The van der Waals surface area contributed by atoms with Gasteiger partial charge in [-0.05, 0) is 36.4 Å². The van der Waals surface area contributed by atoms with Gasteiger partial charge in [-0.25, -0.2) is 14.4 Å². The summed E-state index contributed by atoms with van der Waals surface area (Å²) in [4.78, 5) is 8.97. The highest BCUT2D eigenvalue weighted by molar-refractivity contribution is 7.18. The van der Waals surface area contributed by atoms with E-state index < -0.39 is 0 Å². The summed E-state index contributed by atoms with van der Waals surface area (Å²) in [6.07, 6.45) is 1.55. The number of anilines is 1. The van der Waals surface area contributed by atoms with Crippen molar-refractivity contribution in [2.45, 2.75) is 6.54 Å². The molecule has 0 atom stereocenters. The fourth-order valence-electron chi connectivity index (χ4n) is 2.29. The highest BCUT2D eigenvalue weighted by atomic mass is 32.1. The summed E-state index contributed by atoms with van der Waals surface area (Å²) in [5, 5.41) is 12.0. The quantitative estimate of drug-likeness (QED) is 0.612. The van der Waals surface area contributed by atoms with E-state index in [1.54, 1.807) is 29.7 Å². The third-order valence-electron chi connectivity index (χ3n) is 3.43. The molecule has 2 aromatic heterocycles. The summed E-state index contributed by atoms with van der Waals surface area (Å²) in [6.45, 7) is 0.522. The van der Waals surface area contributed by atoms with Gasteiger partial charge in [0.2, 0.25) is 5.95 Å². The second kappa shape index (κ2) is 6.29. The normalized spacial score (nSPS) is 10.9. The number of nitrogens with zero attached hydrogens (tertiary/aromatic N) is 4. The minimum atomic E-state index is -0.282. The second-order valence-corrected chi connectivity index (χ2v) is 6.22. The van der Waals surface area contributed by atoms with Crippen LogP contribution in [0.15, 0.2) is 54.7 Å². The van der Waals surface area contributed by atoms with E-state index in [0.717, 1.165) is 20.8 Å². The lowest BCUT2D eigenvalue weighted by Gasteiger charge is -2.04. The minimum Gasteiger partial charge on any atom is -0.346 e. The van der Waals surface area contributed by atoms with Crippen molar-refractivity contribution in [3.05, 3.63) is 65.6 Å². The standard InChI is InChI=1S/C17H12FN5S/c18-12-7-5-11(6-8-12)14-9-20-23-17(22-14)19-10-16-21-13-3-1-2-4-15(13)24-16/h1-9H,10H2,(H,19,22,23). The van der Waals surface area contributed by atoms with E-state index in [2.05, 4.69) is 25.5 Å². The molecule has 0 saturated carbocycles. The topological polar surface area (TPSA) is 63.6 Å². The van der Waals surface area contributed by atoms with Gasteiger partial charge in [-0.15, -0.1) is 16.4 Å². The Morgan fingerprint density at radius 2 is 1.83 bits per heavy atom. The molecule has 0 spiro atoms. The Bertz CT molecular complexity index is 951. The van der Waals surface area contributed by atoms with Gasteiger partial charge >= 0.3 is 0 Å². The van der Waals surface area contributed by atoms with E-state index in [9.17, 15) is 4.39 Å². The third-order valence-corrected chi connectivity index (χ3v) is 4.47. The molecule has 0 amide bonds. The molecular weight excluding hydrogens is 325 g/mol. The van der Waals surface area contributed by atoms with E-state index >= 15 is 0 Å². The molecule has 0 fully saturated rings. The number of fused-ring (bicyclic) bond motifs is 1. The molecule has 24 heavy (non-hydrogen) atoms. The fourth-order valence-corrected chi connectivity index (χ4v) is 3.20. The minimum absolute atomic E-state index is 0.282. The molecule has 2 aromatic carbocycles. The Kier molecular flexibility index (Phi) is 3.84. The second-order valence-electron chi connectivity index (χ2n) is 5.10. The summed E-state index contributed by atoms with van der Waals surface area (Å²) in [6, 6.07) is 14.1. The molecule has 118 valence electrons. The number of aromatic nitrogens is 4. The van der Waals surface area contributed by atoms with Crippen molar-refractivity contribution >= 4 is 27.5 Å². The average molecular weight is 337 g/mol. The third kappa shape index (κ3) is 3.07. The van der Waals surface area contributed by atoms with Gasteiger partial charge in [-0.3, -0.25) is 0 Å². The lowest BCUT2D eigenvalue weighted by Crippen LogP contribution is -2.05. The lowest BCUT2D eigenvalue weighted by atomic mass is 10.2. The van der Waals surface area contributed by atoms with Crippen LogP contribution in [0.1, 0.15) is 5.01 Å². The van der Waals surface area contributed by atoms with Crippen molar-refractivity contribution in [2.75, 3.05) is 5.32 Å². The molecular formula is C17H12FN5S. The fraction of sp³-hybridized carbons (Fsp3) is 0.0588. The maximum Gasteiger partial charge on any atom is 0.243 e.